The van der Waals surface area contributed by atoms with Crippen LogP contribution in [-0.4, -0.2) is 209 Å². The number of amides is 12. The monoisotopic (exact) mass is 1410 g/mol. The zero-order chi connectivity index (χ0) is 75.2. The average molecular weight is 1410 g/mol. The molecule has 0 heterocycles. The molecular formula is C65H103N18O17. The molecule has 0 fully saturated rings. The summed E-state index contributed by atoms with van der Waals surface area (Å²) in [6.07, 6.45) is 0.0529. The summed E-state index contributed by atoms with van der Waals surface area (Å²) < 4.78 is 0. The minimum Gasteiger partial charge on any atom is -0.508 e. The lowest BCUT2D eigenvalue weighted by molar-refractivity contribution is -0.137. The number of hydrogen-bond acceptors (Lipinski definition) is 19. The first kappa shape index (κ1) is 86.1. The molecule has 13 unspecified atom stereocenters. The lowest BCUT2D eigenvalue weighted by Gasteiger charge is -2.29. The van der Waals surface area contributed by atoms with E-state index in [1.165, 1.54) is 30.7 Å². The van der Waals surface area contributed by atoms with Crippen LogP contribution in [0, 0.1) is 24.2 Å². The summed E-state index contributed by atoms with van der Waals surface area (Å²) in [6, 6.07) is -1.45. The second-order valence-electron chi connectivity index (χ2n) is 24.6. The molecular weight excluding hydrogens is 1300 g/mol. The van der Waals surface area contributed by atoms with E-state index in [4.69, 9.17) is 28.7 Å². The highest BCUT2D eigenvalue weighted by Crippen LogP contribution is 2.16. The molecule has 0 saturated carbocycles. The first-order valence-electron chi connectivity index (χ1n) is 33.0. The van der Waals surface area contributed by atoms with Crippen LogP contribution in [0.25, 0.3) is 0 Å². The number of primary amides is 1. The fourth-order valence-corrected chi connectivity index (χ4v) is 9.62. The number of nitrogens with two attached hydrogens (primary N) is 5. The third kappa shape index (κ3) is 33.0. The van der Waals surface area contributed by atoms with E-state index in [2.05, 4.69) is 68.5 Å². The van der Waals surface area contributed by atoms with Crippen molar-refractivity contribution in [1.82, 2.24) is 58.5 Å². The van der Waals surface area contributed by atoms with Gasteiger partial charge in [-0.2, -0.15) is 0 Å². The molecule has 0 saturated heterocycles. The quantitative estimate of drug-likeness (QED) is 0.0127. The number of aldehydes is 1. The van der Waals surface area contributed by atoms with Gasteiger partial charge in [-0.1, -0.05) is 96.8 Å². The highest BCUT2D eigenvalue weighted by atomic mass is 16.3. The molecule has 2 aromatic carbocycles. The molecule has 0 spiro atoms. The van der Waals surface area contributed by atoms with Crippen molar-refractivity contribution in [2.75, 3.05) is 32.8 Å². The Hall–Kier alpha value is -10.0. The fourth-order valence-electron chi connectivity index (χ4n) is 9.62. The summed E-state index contributed by atoms with van der Waals surface area (Å²) in [5.74, 6) is -13.0. The highest BCUT2D eigenvalue weighted by Gasteiger charge is 2.37. The number of aromatic hydroxyl groups is 1. The fraction of sp³-hybridized carbons (Fsp3) is 0.569. The van der Waals surface area contributed by atoms with Crippen molar-refractivity contribution in [2.45, 2.75) is 186 Å². The molecule has 0 aliphatic carbocycles. The van der Waals surface area contributed by atoms with Gasteiger partial charge in [0.25, 0.3) is 0 Å². The molecule has 100 heavy (non-hydrogen) atoms. The lowest BCUT2D eigenvalue weighted by Crippen LogP contribution is -2.62. The number of phenols is 1. The van der Waals surface area contributed by atoms with Gasteiger partial charge in [0.15, 0.2) is 11.9 Å². The van der Waals surface area contributed by atoms with Crippen LogP contribution in [0.5, 0.6) is 5.75 Å². The van der Waals surface area contributed by atoms with Crippen molar-refractivity contribution in [3.63, 3.8) is 0 Å². The van der Waals surface area contributed by atoms with Crippen LogP contribution in [0.2, 0.25) is 0 Å². The van der Waals surface area contributed by atoms with E-state index < -0.39 is 163 Å². The topological polar surface area (TPSA) is 590 Å². The van der Waals surface area contributed by atoms with Crippen LogP contribution >= 0.6 is 0 Å². The molecule has 35 heteroatoms. The van der Waals surface area contributed by atoms with Gasteiger partial charge in [0.1, 0.15) is 66.4 Å². The smallest absolute Gasteiger partial charge is 0.245 e. The van der Waals surface area contributed by atoms with Crippen LogP contribution in [0.15, 0.2) is 64.6 Å². The van der Waals surface area contributed by atoms with Gasteiger partial charge in [0.05, 0.1) is 38.3 Å². The van der Waals surface area contributed by atoms with Gasteiger partial charge in [-0.25, -0.2) is 0 Å². The van der Waals surface area contributed by atoms with Crippen molar-refractivity contribution >= 4 is 89.1 Å². The number of rotatable bonds is 47. The lowest BCUT2D eigenvalue weighted by atomic mass is 9.96. The second kappa shape index (κ2) is 45.5. The van der Waals surface area contributed by atoms with Crippen molar-refractivity contribution in [2.24, 2.45) is 56.4 Å². The number of phenolic OH excluding ortho intramolecular Hbond substituents is 1. The normalized spacial score (nSPS) is 14.9. The summed E-state index contributed by atoms with van der Waals surface area (Å²) in [7, 11) is 0. The number of hydrogen-bond donors (Lipinski definition) is 20. The summed E-state index contributed by atoms with van der Waals surface area (Å²) in [5.41, 5.74) is 28.4. The Morgan fingerprint density at radius 1 is 0.500 bits per heavy atom. The number of benzene rings is 2. The Morgan fingerprint density at radius 3 is 1.42 bits per heavy atom. The molecule has 0 bridgehead atoms. The minimum atomic E-state index is -1.93. The van der Waals surface area contributed by atoms with Gasteiger partial charge in [-0.05, 0) is 86.5 Å². The average Bonchev–Trinajstić information content (AvgIpc) is 0.865. The Labute approximate surface area is 581 Å². The van der Waals surface area contributed by atoms with E-state index in [1.54, 1.807) is 65.0 Å². The van der Waals surface area contributed by atoms with Crippen LogP contribution in [0.1, 0.15) is 117 Å². The maximum Gasteiger partial charge on any atom is 0.245 e. The number of carbonyl (C=O) groups is 13. The first-order chi connectivity index (χ1) is 47.2. The van der Waals surface area contributed by atoms with Gasteiger partial charge in [0, 0.05) is 32.4 Å². The number of aliphatic hydroxyl groups is 3. The largest absolute Gasteiger partial charge is 0.508 e. The second-order valence-corrected chi connectivity index (χ2v) is 24.6. The highest BCUT2D eigenvalue weighted by molar-refractivity contribution is 5.99. The SMILES string of the molecule is CCC(C)[CH]C(=O)NC(Cc1ccccc1)C(=O)NC(C(=O)NC(CO)C(=O)NC(CO)C(=O)NC(Cc1ccc(O)cc1)C(=O)NC(CCCN=C(N)N)C(=O)NC(CCCN=C(N)N)C(=O)NC(C(=O)NC(CC(C)C)C(=O)NCC(=O)NC(C=O)CCC(N)=O)C(C)CC)C(C)O. The maximum absolute atomic E-state index is 14.7. The molecule has 0 aliphatic heterocycles. The maximum atomic E-state index is 14.7. The molecule has 0 aliphatic rings. The molecule has 2 aromatic rings. The Balaban J connectivity index is 2.53. The third-order valence-electron chi connectivity index (χ3n) is 15.6. The molecule has 35 nitrogen and oxygen atoms in total. The molecule has 13 atom stereocenters. The molecule has 12 amide bonds. The van der Waals surface area contributed by atoms with Crippen molar-refractivity contribution in [3.05, 3.63) is 72.1 Å². The molecule has 1 radical (unpaired) electrons. The van der Waals surface area contributed by atoms with Crippen molar-refractivity contribution in [1.29, 1.82) is 0 Å². The van der Waals surface area contributed by atoms with E-state index >= 15 is 0 Å². The number of carbonyl (C=O) groups excluding carboxylic acids is 13. The standard InChI is InChI=1S/C65H103N18O17/c1-8-36(5)28-51(90)75-46(29-39-15-11-10-12-16-39)59(96)83-54(38(7)87)63(100)81-49(34-86)61(98)80-48(33-85)60(97)78-47(30-40-19-22-42(88)23-20-40)58(95)77-43(17-13-25-71-64(67)68)56(93)76-44(18-14-26-72-65(69)70)57(94)82-53(37(6)9-2)62(99)79-45(27-35(3)4)55(92)73-31-52(91)74-41(32-84)21-24-50(66)89/h10-12,15-16,19-20,22-23,28,32,35-38,41,43-49,53-54,85-88H,8-9,13-14,17-18,21,24-27,29-31,33-34H2,1-7H3,(H2,66,89)(H,73,92)(H,74,91)(H,75,90)(H,76,93)(H,77,95)(H,78,97)(H,79,99)(H,80,98)(H,81,100)(H,82,94)(H,83,96)(H4,67,68,71)(H4,69,70,72). The van der Waals surface area contributed by atoms with Crippen molar-refractivity contribution < 1.29 is 82.8 Å². The first-order valence-corrected chi connectivity index (χ1v) is 33.0. The number of nitrogens with one attached hydrogen (secondary N) is 11. The van der Waals surface area contributed by atoms with E-state index in [9.17, 15) is 82.8 Å². The van der Waals surface area contributed by atoms with Gasteiger partial charge in [-0.3, -0.25) is 67.5 Å². The molecule has 555 valence electrons. The van der Waals surface area contributed by atoms with Gasteiger partial charge in [0.2, 0.25) is 70.9 Å². The predicted octanol–water partition coefficient (Wildman–Crippen LogP) is -5.58. The van der Waals surface area contributed by atoms with E-state index in [-0.39, 0.29) is 100 Å². The molecule has 0 aromatic heterocycles. The third-order valence-corrected chi connectivity index (χ3v) is 15.6. The zero-order valence-electron chi connectivity index (χ0n) is 57.6. The van der Waals surface area contributed by atoms with Gasteiger partial charge in [-0.15, -0.1) is 0 Å². The predicted molar refractivity (Wildman–Crippen MR) is 367 cm³/mol. The molecule has 25 N–H and O–H groups in total. The van der Waals surface area contributed by atoms with Crippen LogP contribution in [-0.2, 0) is 75.2 Å². The van der Waals surface area contributed by atoms with E-state index in [0.29, 0.717) is 30.3 Å². The van der Waals surface area contributed by atoms with Crippen molar-refractivity contribution in [3.8, 4) is 5.75 Å². The summed E-state index contributed by atoms with van der Waals surface area (Å²) in [4.78, 5) is 184. The van der Waals surface area contributed by atoms with Gasteiger partial charge >= 0.3 is 0 Å². The summed E-state index contributed by atoms with van der Waals surface area (Å²) in [6.45, 7) is 8.66. The minimum absolute atomic E-state index is 0.00473. The number of nitrogens with zero attached hydrogens (tertiary/aromatic N) is 2. The number of aliphatic imine (C=N–C) groups is 2. The Kier molecular flexibility index (Phi) is 39.2. The Morgan fingerprint density at radius 2 is 0.940 bits per heavy atom. The zero-order valence-corrected chi connectivity index (χ0v) is 57.6. The molecule has 2 rings (SSSR count). The summed E-state index contributed by atoms with van der Waals surface area (Å²) >= 11 is 0. The van der Waals surface area contributed by atoms with Crippen LogP contribution in [0.4, 0.5) is 0 Å². The number of aliphatic hydroxyl groups excluding tert-OH is 3. The number of guanidine groups is 2. The van der Waals surface area contributed by atoms with Crippen LogP contribution in [0.3, 0.4) is 0 Å². The summed E-state index contributed by atoms with van der Waals surface area (Å²) in [5, 5.41) is 69.0. The Bertz CT molecular complexity index is 3080. The van der Waals surface area contributed by atoms with E-state index in [0.717, 1.165) is 6.92 Å². The van der Waals surface area contributed by atoms with Crippen LogP contribution < -0.4 is 87.2 Å². The van der Waals surface area contributed by atoms with Gasteiger partial charge < -0.3 is 112 Å². The van der Waals surface area contributed by atoms with E-state index in [1.807, 2.05) is 6.92 Å².